The third kappa shape index (κ3) is 17.4. The van der Waals surface area contributed by atoms with Gasteiger partial charge < -0.3 is 44.8 Å². The maximum absolute atomic E-state index is 13.8. The Bertz CT molecular complexity index is 6480. The average Bonchev–Trinajstić information content (AvgIpc) is 1.29. The Morgan fingerprint density at radius 3 is 1.23 bits per heavy atom. The predicted octanol–water partition coefficient (Wildman–Crippen LogP) is 12.8. The molecule has 3 aliphatic rings. The van der Waals surface area contributed by atoms with Gasteiger partial charge in [-0.15, -0.1) is 0 Å². The number of rotatable bonds is 19. The molecule has 0 radical (unpaired) electrons. The van der Waals surface area contributed by atoms with Crippen molar-refractivity contribution < 1.29 is 63.8 Å². The molecule has 9 heterocycles. The van der Waals surface area contributed by atoms with E-state index in [-0.39, 0.29) is 115 Å². The summed E-state index contributed by atoms with van der Waals surface area (Å²) in [5.41, 5.74) is 3.80. The standard InChI is InChI=1S/C24H20BrN4O4PS.C24H20ClFN5O6PS2.C24H22N5O6PS2/c1-14-6-7-18-19(10-14)34(32,33-2)28-23(26-18)20-22(30)21(16-8-9-35-13-16)27-29(24(20)31)12-15-4-3-5-17(25)11-15;1-37-38(34)19-10-15(30-40(2,35)36)4-6-18(19)27-23(29-38)20-22(32)21(14-7-8-39-12-14)28-31(24(20)33)11-13-3-5-17(26)16(25)9-13;1-35-36(32)19-12-17(28-38(2,33)34)8-9-18(19)25-23(27-36)20-22(30)21(16-10-11-37-14-16)26-29(24(20)31)13-15-6-4-3-5-7-15/h3-11,13,30H,12H2,1-2H3,(H,26,28,32);3-10,12,30,32H,11H2,1-2H3,(H,27,29,34);3-12,14,28,30H,13H2,1-2H3,(H,25,27,32). The molecule has 3 unspecified atom stereocenters. The van der Waals surface area contributed by atoms with Gasteiger partial charge in [0.2, 0.25) is 20.0 Å². The lowest BCUT2D eigenvalue weighted by molar-refractivity contribution is 0.403. The highest BCUT2D eigenvalue weighted by atomic mass is 79.9. The number of aryl methyl sites for hydroxylation is 1. The van der Waals surface area contributed by atoms with Crippen LogP contribution < -0.4 is 58.0 Å². The van der Waals surface area contributed by atoms with E-state index in [1.165, 1.54) is 106 Å². The topological polar surface area (TPSA) is 410 Å². The molecule has 582 valence electrons. The molecule has 113 heavy (non-hydrogen) atoms. The third-order valence-corrected chi connectivity index (χ3v) is 26.9. The maximum Gasteiger partial charge on any atom is 0.348 e. The van der Waals surface area contributed by atoms with Gasteiger partial charge in [-0.3, -0.25) is 37.5 Å². The van der Waals surface area contributed by atoms with Crippen LogP contribution in [0.25, 0.3) is 33.8 Å². The van der Waals surface area contributed by atoms with Gasteiger partial charge in [0.1, 0.15) is 39.6 Å². The van der Waals surface area contributed by atoms with E-state index in [9.17, 15) is 64.6 Å². The number of amidine groups is 3. The van der Waals surface area contributed by atoms with E-state index in [1.54, 1.807) is 46.5 Å². The molecule has 12 aromatic rings. The second-order valence-electron chi connectivity index (χ2n) is 25.1. The maximum atomic E-state index is 13.8. The minimum Gasteiger partial charge on any atom is -0.505 e. The van der Waals surface area contributed by atoms with Gasteiger partial charge in [-0.05, 0) is 131 Å². The van der Waals surface area contributed by atoms with Crippen LogP contribution in [0.3, 0.4) is 0 Å². The molecule has 0 fully saturated rings. The highest BCUT2D eigenvalue weighted by molar-refractivity contribution is 9.10. The number of fused-ring (bicyclic) bond motifs is 3. The van der Waals surface area contributed by atoms with E-state index < -0.39 is 76.6 Å². The lowest BCUT2D eigenvalue weighted by Gasteiger charge is -2.25. The second kappa shape index (κ2) is 32.6. The molecule has 6 aromatic heterocycles. The zero-order chi connectivity index (χ0) is 80.6. The minimum absolute atomic E-state index is 0.0316. The van der Waals surface area contributed by atoms with Crippen molar-refractivity contribution in [3.05, 3.63) is 263 Å². The summed E-state index contributed by atoms with van der Waals surface area (Å²) in [7, 11) is -15.3. The number of anilines is 5. The molecule has 0 bridgehead atoms. The first-order valence-electron chi connectivity index (χ1n) is 33.0. The van der Waals surface area contributed by atoms with Crippen molar-refractivity contribution in [1.29, 1.82) is 0 Å². The Hall–Kier alpha value is -10.4. The molecule has 6 aromatic carbocycles. The number of nitrogens with one attached hydrogen (secondary N) is 5. The fourth-order valence-electron chi connectivity index (χ4n) is 11.9. The number of benzene rings is 6. The third-order valence-electron chi connectivity index (χ3n) is 17.1. The molecule has 3 atom stereocenters. The first-order chi connectivity index (χ1) is 53.7. The van der Waals surface area contributed by atoms with Crippen molar-refractivity contribution in [2.75, 3.05) is 59.2 Å². The van der Waals surface area contributed by atoms with Crippen LogP contribution in [-0.4, -0.2) is 113 Å². The molecule has 15 rings (SSSR count). The molecule has 41 heteroatoms. The summed E-state index contributed by atoms with van der Waals surface area (Å²) in [5, 5.41) is 67.1. The van der Waals surface area contributed by atoms with E-state index >= 15 is 0 Å². The van der Waals surface area contributed by atoms with Gasteiger partial charge in [0.25, 0.3) is 16.7 Å². The van der Waals surface area contributed by atoms with Gasteiger partial charge in [-0.25, -0.2) is 35.3 Å². The second-order valence-corrected chi connectivity index (χ2v) is 38.5. The summed E-state index contributed by atoms with van der Waals surface area (Å²) in [6.45, 7) is 2.03. The lowest BCUT2D eigenvalue weighted by Crippen LogP contribution is -2.35. The SMILES string of the molecule is COP1(=O)N=C(c2c(O)c(-c3ccsc3)nn(Cc3ccc(F)c(Cl)c3)c2=O)Nc2ccc(NS(C)(=O)=O)cc21.COP1(=O)N=C(c2c(O)c(-c3ccsc3)nn(Cc3cccc(Br)c3)c2=O)Nc2ccc(C)cc21.COP1(=O)N=C(c2c(O)c(-c3ccsc3)nn(Cc3ccccc3)c2=O)Nc2ccc(NS(C)(=O)=O)cc21. The molecular formula is C72H62BrClFN14O16P3S5. The molecule has 30 nitrogen and oxygen atoms in total. The zero-order valence-corrected chi connectivity index (χ0v) is 68.7. The van der Waals surface area contributed by atoms with E-state index in [4.69, 9.17) is 25.2 Å². The fraction of sp³-hybridized carbons (Fsp3) is 0.125. The van der Waals surface area contributed by atoms with E-state index in [1.807, 2.05) is 83.7 Å². The van der Waals surface area contributed by atoms with Gasteiger partial charge in [0.05, 0.1) is 70.1 Å². The van der Waals surface area contributed by atoms with E-state index in [0.29, 0.717) is 33.2 Å². The minimum atomic E-state index is -4.05. The molecule has 3 aliphatic heterocycles. The molecule has 0 saturated heterocycles. The van der Waals surface area contributed by atoms with Crippen molar-refractivity contribution in [3.8, 4) is 51.0 Å². The lowest BCUT2D eigenvalue weighted by atomic mass is 10.1. The molecular weight excluding hydrogens is 1700 g/mol. The van der Waals surface area contributed by atoms with Crippen molar-refractivity contribution >= 4 is 166 Å². The number of sulfonamides is 2. The highest BCUT2D eigenvalue weighted by Crippen LogP contribution is 2.55. The molecule has 0 amide bonds. The van der Waals surface area contributed by atoms with Crippen LogP contribution in [0.15, 0.2) is 211 Å². The number of aromatic hydroxyl groups is 3. The summed E-state index contributed by atoms with van der Waals surface area (Å²) < 4.78 is 139. The summed E-state index contributed by atoms with van der Waals surface area (Å²) in [4.78, 5) is 41.0. The molecule has 0 spiro atoms. The number of halogens is 3. The Morgan fingerprint density at radius 1 is 0.496 bits per heavy atom. The van der Waals surface area contributed by atoms with Crippen molar-refractivity contribution in [3.63, 3.8) is 0 Å². The van der Waals surface area contributed by atoms with Gasteiger partial charge in [0, 0.05) is 70.0 Å². The number of hydrogen-bond acceptors (Lipinski definition) is 25. The summed E-state index contributed by atoms with van der Waals surface area (Å²) in [5.74, 6) is -2.33. The number of thiophene rings is 3. The summed E-state index contributed by atoms with van der Waals surface area (Å²) in [6.07, 6.45) is 1.97. The van der Waals surface area contributed by atoms with Crippen LogP contribution in [0.4, 0.5) is 32.8 Å². The van der Waals surface area contributed by atoms with E-state index in [2.05, 4.69) is 70.9 Å². The average molecular weight is 1770 g/mol. The number of hydrogen-bond donors (Lipinski definition) is 8. The van der Waals surface area contributed by atoms with Crippen molar-refractivity contribution in [1.82, 2.24) is 29.3 Å². The van der Waals surface area contributed by atoms with Crippen molar-refractivity contribution in [2.24, 2.45) is 14.3 Å². The molecule has 0 saturated carbocycles. The quantitative estimate of drug-likeness (QED) is 0.0349. The molecule has 0 aliphatic carbocycles. The Kier molecular flexibility index (Phi) is 23.3. The van der Waals surface area contributed by atoms with Crippen LogP contribution in [0.5, 0.6) is 17.2 Å². The summed E-state index contributed by atoms with van der Waals surface area (Å²) >= 11 is 13.6. The Balaban J connectivity index is 0.000000148. The van der Waals surface area contributed by atoms with Crippen LogP contribution >= 0.6 is 84.1 Å². The zero-order valence-electron chi connectivity index (χ0n) is 59.6. The van der Waals surface area contributed by atoms with Gasteiger partial charge >= 0.3 is 22.6 Å². The summed E-state index contributed by atoms with van der Waals surface area (Å²) in [6, 6.07) is 39.8. The number of aromatic nitrogens is 6. The van der Waals surface area contributed by atoms with E-state index in [0.717, 1.165) is 51.5 Å². The smallest absolute Gasteiger partial charge is 0.348 e. The van der Waals surface area contributed by atoms with Gasteiger partial charge in [-0.1, -0.05) is 87.7 Å². The van der Waals surface area contributed by atoms with Crippen LogP contribution in [0.1, 0.15) is 38.9 Å². The monoisotopic (exact) mass is 1760 g/mol. The van der Waals surface area contributed by atoms with Crippen LogP contribution in [0, 0.1) is 12.7 Å². The van der Waals surface area contributed by atoms with Crippen molar-refractivity contribution in [2.45, 2.75) is 26.6 Å². The first-order valence-corrected chi connectivity index (χ1v) is 45.5. The molecule has 8 N–H and O–H groups in total. The first kappa shape index (κ1) is 80.7. The Labute approximate surface area is 668 Å². The van der Waals surface area contributed by atoms with Crippen LogP contribution in [-0.2, 0) is 66.9 Å². The Morgan fingerprint density at radius 2 is 0.867 bits per heavy atom. The number of nitrogens with zero attached hydrogens (tertiary/aromatic N) is 9. The van der Waals surface area contributed by atoms with Crippen LogP contribution in [0.2, 0.25) is 5.02 Å². The normalized spacial score (nSPS) is 16.8. The predicted molar refractivity (Wildman–Crippen MR) is 444 cm³/mol. The van der Waals surface area contributed by atoms with Gasteiger partial charge in [-0.2, -0.15) is 63.6 Å². The largest absolute Gasteiger partial charge is 0.505 e. The van der Waals surface area contributed by atoms with Gasteiger partial charge in [0.15, 0.2) is 34.8 Å². The fourth-order valence-corrected chi connectivity index (χ4v) is 20.2. The highest BCUT2D eigenvalue weighted by Gasteiger charge is 2.40.